The van der Waals surface area contributed by atoms with Crippen molar-refractivity contribution < 1.29 is 4.68 Å². The Morgan fingerprint density at radius 3 is 3.30 bits per heavy atom. The van der Waals surface area contributed by atoms with E-state index in [0.717, 1.165) is 12.4 Å². The number of nitrogens with one attached hydrogen (secondary N) is 2. The van der Waals surface area contributed by atoms with E-state index in [1.165, 1.54) is 0 Å². The maximum atomic E-state index is 3.54. The van der Waals surface area contributed by atoms with E-state index in [-0.39, 0.29) is 0 Å². The highest BCUT2D eigenvalue weighted by atomic mass is 15.5. The molecule has 10 heavy (non-hydrogen) atoms. The monoisotopic (exact) mass is 139 g/mol. The van der Waals surface area contributed by atoms with Crippen LogP contribution in [-0.2, 0) is 0 Å². The first-order valence-electron chi connectivity index (χ1n) is 3.07. The molecule has 0 bridgehead atoms. The fourth-order valence-corrected chi connectivity index (χ4v) is 0.750. The average molecular weight is 139 g/mol. The summed E-state index contributed by atoms with van der Waals surface area (Å²) in [5, 5.41) is 3.54. The van der Waals surface area contributed by atoms with Crippen LogP contribution in [0.15, 0.2) is 17.3 Å². The summed E-state index contributed by atoms with van der Waals surface area (Å²) in [4.78, 5) is 0. The standard InChI is InChI=1S/C6H10N4/c1-7-9-6-4-3-5-8-10(6)2/h3-4,8H,1,5H2,2H3/p+1. The zero-order valence-electron chi connectivity index (χ0n) is 5.96. The third kappa shape index (κ3) is 1.34. The van der Waals surface area contributed by atoms with Gasteiger partial charge in [-0.1, -0.05) is 6.08 Å². The Labute approximate surface area is 59.9 Å². The molecule has 0 saturated heterocycles. The van der Waals surface area contributed by atoms with Crippen molar-refractivity contribution in [1.29, 1.82) is 0 Å². The van der Waals surface area contributed by atoms with Crippen LogP contribution in [0.4, 0.5) is 0 Å². The van der Waals surface area contributed by atoms with E-state index in [9.17, 15) is 0 Å². The van der Waals surface area contributed by atoms with Gasteiger partial charge >= 0.3 is 5.84 Å². The second-order valence-electron chi connectivity index (χ2n) is 1.98. The predicted molar refractivity (Wildman–Crippen MR) is 41.0 cm³/mol. The predicted octanol–water partition coefficient (Wildman–Crippen LogP) is -0.693. The van der Waals surface area contributed by atoms with Gasteiger partial charge in [0, 0.05) is 12.8 Å². The van der Waals surface area contributed by atoms with E-state index in [2.05, 4.69) is 22.7 Å². The Morgan fingerprint density at radius 1 is 1.90 bits per heavy atom. The van der Waals surface area contributed by atoms with Crippen molar-refractivity contribution in [3.63, 3.8) is 0 Å². The van der Waals surface area contributed by atoms with E-state index in [1.807, 2.05) is 23.9 Å². The summed E-state index contributed by atoms with van der Waals surface area (Å²) in [6.07, 6.45) is 3.96. The number of rotatable bonds is 1. The van der Waals surface area contributed by atoms with E-state index in [0.29, 0.717) is 0 Å². The molecule has 1 rings (SSSR count). The minimum Gasteiger partial charge on any atom is -0.257 e. The van der Waals surface area contributed by atoms with Gasteiger partial charge in [0.1, 0.15) is 7.05 Å². The minimum atomic E-state index is 0.860. The van der Waals surface area contributed by atoms with Crippen molar-refractivity contribution in [3.05, 3.63) is 12.2 Å². The molecule has 0 aromatic rings. The maximum absolute atomic E-state index is 3.54. The third-order valence-electron chi connectivity index (χ3n) is 1.28. The molecule has 1 aliphatic heterocycles. The Balaban J connectivity index is 2.69. The van der Waals surface area contributed by atoms with Crippen LogP contribution in [0.1, 0.15) is 0 Å². The van der Waals surface area contributed by atoms with Gasteiger partial charge in [-0.3, -0.25) is 5.43 Å². The number of hydrazone groups is 2. The summed E-state index contributed by atoms with van der Waals surface area (Å²) in [5.74, 6) is 0.904. The van der Waals surface area contributed by atoms with Crippen molar-refractivity contribution in [2.24, 2.45) is 5.10 Å². The smallest absolute Gasteiger partial charge is 0.257 e. The highest BCUT2D eigenvalue weighted by molar-refractivity contribution is 5.88. The molecule has 0 spiro atoms. The Morgan fingerprint density at radius 2 is 2.70 bits per heavy atom. The lowest BCUT2D eigenvalue weighted by Gasteiger charge is -2.07. The van der Waals surface area contributed by atoms with Crippen molar-refractivity contribution in [2.45, 2.75) is 0 Å². The number of hydrogen-bond donors (Lipinski definition) is 2. The zero-order chi connectivity index (χ0) is 7.40. The molecule has 0 aromatic heterocycles. The van der Waals surface area contributed by atoms with Crippen molar-refractivity contribution in [2.75, 3.05) is 13.6 Å². The number of hydrogen-bond acceptors (Lipinski definition) is 3. The molecule has 0 radical (unpaired) electrons. The highest BCUT2D eigenvalue weighted by Gasteiger charge is 2.07. The lowest BCUT2D eigenvalue weighted by atomic mass is 10.4. The second-order valence-corrected chi connectivity index (χ2v) is 1.98. The maximum Gasteiger partial charge on any atom is 0.317 e. The molecule has 0 unspecified atom stereocenters. The summed E-state index contributed by atoms with van der Waals surface area (Å²) >= 11 is 0. The molecular weight excluding hydrogens is 128 g/mol. The van der Waals surface area contributed by atoms with Crippen LogP contribution in [0, 0.1) is 0 Å². The molecule has 4 nitrogen and oxygen atoms in total. The van der Waals surface area contributed by atoms with E-state index >= 15 is 0 Å². The lowest BCUT2D eigenvalue weighted by Crippen LogP contribution is -2.38. The largest absolute Gasteiger partial charge is 0.317 e. The van der Waals surface area contributed by atoms with Crippen molar-refractivity contribution in [3.8, 4) is 0 Å². The Bertz CT molecular complexity index is 192. The van der Waals surface area contributed by atoms with Gasteiger partial charge in [-0.15, -0.1) is 10.5 Å². The van der Waals surface area contributed by atoms with Crippen molar-refractivity contribution in [1.82, 2.24) is 10.9 Å². The topological polar surface area (TPSA) is 39.4 Å². The van der Waals surface area contributed by atoms with Crippen LogP contribution >= 0.6 is 0 Å². The Kier molecular flexibility index (Phi) is 2.04. The highest BCUT2D eigenvalue weighted by Crippen LogP contribution is 1.81. The molecular formula is C6H11N4+. The third-order valence-corrected chi connectivity index (χ3v) is 1.28. The molecule has 0 saturated carbocycles. The first kappa shape index (κ1) is 6.80. The molecule has 1 aliphatic rings. The Hall–Kier alpha value is -1.32. The van der Waals surface area contributed by atoms with E-state index < -0.39 is 0 Å². The molecule has 0 fully saturated rings. The molecule has 1 heterocycles. The molecule has 0 aromatic carbocycles. The molecule has 0 amide bonds. The van der Waals surface area contributed by atoms with Gasteiger partial charge < -0.3 is 0 Å². The van der Waals surface area contributed by atoms with E-state index in [1.54, 1.807) is 0 Å². The second kappa shape index (κ2) is 3.00. The van der Waals surface area contributed by atoms with Gasteiger partial charge in [-0.05, 0) is 0 Å². The van der Waals surface area contributed by atoms with Gasteiger partial charge in [0.25, 0.3) is 0 Å². The van der Waals surface area contributed by atoms with Crippen molar-refractivity contribution >= 4 is 12.6 Å². The molecule has 54 valence electrons. The lowest BCUT2D eigenvalue weighted by molar-refractivity contribution is -0.560. The summed E-state index contributed by atoms with van der Waals surface area (Å²) in [7, 11) is 1.91. The van der Waals surface area contributed by atoms with Crippen LogP contribution in [0.2, 0.25) is 0 Å². The van der Waals surface area contributed by atoms with Crippen LogP contribution in [-0.4, -0.2) is 30.8 Å². The summed E-state index contributed by atoms with van der Waals surface area (Å²) in [6, 6.07) is 0. The average Bonchev–Trinajstić information content (AvgIpc) is 1.94. The molecule has 4 heteroatoms. The fourth-order valence-electron chi connectivity index (χ4n) is 0.750. The molecule has 2 N–H and O–H groups in total. The fraction of sp³-hybridized carbons (Fsp3) is 0.333. The van der Waals surface area contributed by atoms with Crippen LogP contribution < -0.4 is 10.9 Å². The van der Waals surface area contributed by atoms with E-state index in [4.69, 9.17) is 0 Å². The summed E-state index contributed by atoms with van der Waals surface area (Å²) in [5.41, 5.74) is 5.82. The number of nitrogens with zero attached hydrogens (tertiary/aromatic N) is 2. The summed E-state index contributed by atoms with van der Waals surface area (Å²) < 4.78 is 1.86. The van der Waals surface area contributed by atoms with Crippen LogP contribution in [0.25, 0.3) is 0 Å². The molecule has 0 aliphatic carbocycles. The molecule has 0 atom stereocenters. The summed E-state index contributed by atoms with van der Waals surface area (Å²) in [6.45, 7) is 4.18. The van der Waals surface area contributed by atoms with Crippen LogP contribution in [0.5, 0.6) is 0 Å². The normalized spacial score (nSPS) is 16.5. The van der Waals surface area contributed by atoms with Gasteiger partial charge in [-0.2, -0.15) is 4.68 Å². The minimum absolute atomic E-state index is 0.860. The zero-order valence-corrected chi connectivity index (χ0v) is 5.96. The first-order valence-corrected chi connectivity index (χ1v) is 3.07. The SMILES string of the molecule is C=NNC1=[N+](C)NCC=C1. The van der Waals surface area contributed by atoms with Gasteiger partial charge in [-0.25, -0.2) is 0 Å². The van der Waals surface area contributed by atoms with Crippen LogP contribution in [0.3, 0.4) is 0 Å². The number of hydrazine groups is 1. The van der Waals surface area contributed by atoms with Gasteiger partial charge in [0.05, 0.1) is 6.54 Å². The van der Waals surface area contributed by atoms with Gasteiger partial charge in [0.15, 0.2) is 0 Å². The quantitative estimate of drug-likeness (QED) is 0.287. The number of amidine groups is 1. The first-order chi connectivity index (χ1) is 4.84. The van der Waals surface area contributed by atoms with Gasteiger partial charge in [0.2, 0.25) is 0 Å².